The average molecular weight is 482 g/mol. The van der Waals surface area contributed by atoms with E-state index in [4.69, 9.17) is 9.47 Å². The third-order valence-electron chi connectivity index (χ3n) is 7.31. The number of benzene rings is 3. The molecule has 0 bridgehead atoms. The zero-order valence-corrected chi connectivity index (χ0v) is 20.2. The Bertz CT molecular complexity index is 1460. The second-order valence-corrected chi connectivity index (χ2v) is 9.27. The van der Waals surface area contributed by atoms with Gasteiger partial charge in [-0.15, -0.1) is 0 Å². The highest BCUT2D eigenvalue weighted by molar-refractivity contribution is 5.97. The summed E-state index contributed by atoms with van der Waals surface area (Å²) in [6, 6.07) is 22.4. The molecule has 0 aliphatic carbocycles. The van der Waals surface area contributed by atoms with Crippen molar-refractivity contribution in [3.05, 3.63) is 95.2 Å². The number of aromatic amines is 1. The van der Waals surface area contributed by atoms with Crippen LogP contribution >= 0.6 is 0 Å². The standard InChI is InChI=1S/C29H27N3O4/c1-35-19-13-11-18(12-14-19)16-31-17-26(33)32-24(29(31)34)15-22-20-7-3-5-9-23(20)30-27(22)28(32)21-8-4-6-10-25(21)36-2/h3-14,24,28,30H,15-17H2,1-2H3/t24-,28?/m0/s1. The Labute approximate surface area is 209 Å². The van der Waals surface area contributed by atoms with Gasteiger partial charge < -0.3 is 24.3 Å². The summed E-state index contributed by atoms with van der Waals surface area (Å²) in [6.45, 7) is 0.404. The number of ether oxygens (including phenoxy) is 2. The smallest absolute Gasteiger partial charge is 0.246 e. The van der Waals surface area contributed by atoms with E-state index in [2.05, 4.69) is 11.1 Å². The molecule has 182 valence electrons. The first kappa shape index (κ1) is 22.2. The average Bonchev–Trinajstić information content (AvgIpc) is 3.29. The number of methoxy groups -OCH3 is 2. The molecule has 2 aliphatic rings. The molecule has 0 saturated carbocycles. The molecule has 3 aromatic carbocycles. The van der Waals surface area contributed by atoms with Crippen LogP contribution < -0.4 is 9.47 Å². The van der Waals surface area contributed by atoms with E-state index < -0.39 is 12.1 Å². The monoisotopic (exact) mass is 481 g/mol. The topological polar surface area (TPSA) is 74.9 Å². The van der Waals surface area contributed by atoms with Gasteiger partial charge in [0.05, 0.1) is 14.2 Å². The summed E-state index contributed by atoms with van der Waals surface area (Å²) in [4.78, 5) is 34.6. The lowest BCUT2D eigenvalue weighted by Crippen LogP contribution is -2.62. The molecule has 3 heterocycles. The van der Waals surface area contributed by atoms with Gasteiger partial charge in [-0.2, -0.15) is 0 Å². The number of carbonyl (C=O) groups is 2. The van der Waals surface area contributed by atoms with Crippen molar-refractivity contribution in [1.82, 2.24) is 14.8 Å². The Morgan fingerprint density at radius 3 is 2.44 bits per heavy atom. The van der Waals surface area contributed by atoms with Crippen LogP contribution in [-0.2, 0) is 22.6 Å². The highest BCUT2D eigenvalue weighted by atomic mass is 16.5. The lowest BCUT2D eigenvalue weighted by molar-refractivity contribution is -0.159. The number of hydrogen-bond donors (Lipinski definition) is 1. The van der Waals surface area contributed by atoms with Crippen LogP contribution in [0.4, 0.5) is 0 Å². The van der Waals surface area contributed by atoms with E-state index in [0.29, 0.717) is 18.7 Å². The van der Waals surface area contributed by atoms with Gasteiger partial charge in [-0.1, -0.05) is 48.5 Å². The van der Waals surface area contributed by atoms with Gasteiger partial charge in [-0.05, 0) is 35.4 Å². The van der Waals surface area contributed by atoms with Crippen LogP contribution in [0.5, 0.6) is 11.5 Å². The van der Waals surface area contributed by atoms with Gasteiger partial charge in [0.1, 0.15) is 30.1 Å². The molecule has 1 saturated heterocycles. The molecule has 2 atom stereocenters. The lowest BCUT2D eigenvalue weighted by atomic mass is 9.86. The molecule has 1 fully saturated rings. The highest BCUT2D eigenvalue weighted by Gasteiger charge is 2.48. The van der Waals surface area contributed by atoms with Gasteiger partial charge >= 0.3 is 0 Å². The quantitative estimate of drug-likeness (QED) is 0.466. The van der Waals surface area contributed by atoms with Crippen LogP contribution in [0.15, 0.2) is 72.8 Å². The molecule has 36 heavy (non-hydrogen) atoms. The fraction of sp³-hybridized carbons (Fsp3) is 0.241. The molecule has 4 aromatic rings. The number of nitrogens with one attached hydrogen (secondary N) is 1. The van der Waals surface area contributed by atoms with Crippen molar-refractivity contribution >= 4 is 22.7 Å². The van der Waals surface area contributed by atoms with E-state index in [9.17, 15) is 9.59 Å². The van der Waals surface area contributed by atoms with Crippen LogP contribution in [0, 0.1) is 0 Å². The first-order valence-electron chi connectivity index (χ1n) is 12.0. The molecule has 1 N–H and O–H groups in total. The molecule has 2 aliphatic heterocycles. The van der Waals surface area contributed by atoms with E-state index in [1.54, 1.807) is 24.0 Å². The molecule has 7 heteroatoms. The fourth-order valence-electron chi connectivity index (χ4n) is 5.63. The first-order chi connectivity index (χ1) is 17.6. The van der Waals surface area contributed by atoms with Gasteiger partial charge in [0.15, 0.2) is 0 Å². The summed E-state index contributed by atoms with van der Waals surface area (Å²) in [7, 11) is 3.25. The lowest BCUT2D eigenvalue weighted by Gasteiger charge is -2.47. The summed E-state index contributed by atoms with van der Waals surface area (Å²) in [5.41, 5.74) is 4.84. The summed E-state index contributed by atoms with van der Waals surface area (Å²) in [5.74, 6) is 1.33. The van der Waals surface area contributed by atoms with Crippen molar-refractivity contribution in [2.24, 2.45) is 0 Å². The number of para-hydroxylation sites is 2. The minimum atomic E-state index is -0.592. The molecule has 2 amide bonds. The van der Waals surface area contributed by atoms with Gasteiger partial charge in [0.2, 0.25) is 11.8 Å². The number of amides is 2. The van der Waals surface area contributed by atoms with Crippen molar-refractivity contribution in [3.8, 4) is 11.5 Å². The second-order valence-electron chi connectivity index (χ2n) is 9.27. The largest absolute Gasteiger partial charge is 0.497 e. The third kappa shape index (κ3) is 3.50. The number of rotatable bonds is 5. The van der Waals surface area contributed by atoms with Crippen LogP contribution in [-0.4, -0.2) is 53.4 Å². The van der Waals surface area contributed by atoms with Crippen molar-refractivity contribution < 1.29 is 19.1 Å². The Hall–Kier alpha value is -4.26. The SMILES string of the molecule is COc1ccc(CN2CC(=O)N3C(c4ccccc4OC)c4[nH]c5ccccc5c4C[C@H]3C2=O)cc1. The molecule has 0 spiro atoms. The molecule has 7 nitrogen and oxygen atoms in total. The number of carbonyl (C=O) groups excluding carboxylic acids is 2. The summed E-state index contributed by atoms with van der Waals surface area (Å²) in [5, 5.41) is 1.08. The number of fused-ring (bicyclic) bond motifs is 4. The van der Waals surface area contributed by atoms with Gasteiger partial charge in [-0.3, -0.25) is 9.59 Å². The van der Waals surface area contributed by atoms with Gasteiger partial charge in [0, 0.05) is 35.1 Å². The van der Waals surface area contributed by atoms with E-state index in [1.165, 1.54) is 0 Å². The first-order valence-corrected chi connectivity index (χ1v) is 12.0. The number of nitrogens with zero attached hydrogens (tertiary/aromatic N) is 2. The summed E-state index contributed by atoms with van der Waals surface area (Å²) in [6.07, 6.45) is 0.467. The molecule has 0 radical (unpaired) electrons. The number of piperazine rings is 1. The predicted octanol–water partition coefficient (Wildman–Crippen LogP) is 4.07. The fourth-order valence-corrected chi connectivity index (χ4v) is 5.63. The zero-order chi connectivity index (χ0) is 24.8. The minimum absolute atomic E-state index is 0.0303. The maximum absolute atomic E-state index is 13.9. The summed E-state index contributed by atoms with van der Waals surface area (Å²) >= 11 is 0. The van der Waals surface area contributed by atoms with Crippen LogP contribution in [0.2, 0.25) is 0 Å². The second kappa shape index (κ2) is 8.75. The maximum atomic E-state index is 13.9. The molecule has 6 rings (SSSR count). The van der Waals surface area contributed by atoms with Crippen molar-refractivity contribution in [3.63, 3.8) is 0 Å². The Kier molecular flexibility index (Phi) is 5.40. The molecule has 1 aromatic heterocycles. The van der Waals surface area contributed by atoms with Crippen molar-refractivity contribution in [2.75, 3.05) is 20.8 Å². The zero-order valence-electron chi connectivity index (χ0n) is 20.2. The Balaban J connectivity index is 1.44. The predicted molar refractivity (Wildman–Crippen MR) is 136 cm³/mol. The van der Waals surface area contributed by atoms with Gasteiger partial charge in [0.25, 0.3) is 0 Å². The Morgan fingerprint density at radius 1 is 0.917 bits per heavy atom. The third-order valence-corrected chi connectivity index (χ3v) is 7.31. The number of hydrogen-bond acceptors (Lipinski definition) is 4. The minimum Gasteiger partial charge on any atom is -0.497 e. The molecule has 1 unspecified atom stereocenters. The van der Waals surface area contributed by atoms with E-state index >= 15 is 0 Å². The van der Waals surface area contributed by atoms with Crippen LogP contribution in [0.25, 0.3) is 10.9 Å². The summed E-state index contributed by atoms with van der Waals surface area (Å²) < 4.78 is 10.9. The normalized spacial score (nSPS) is 19.3. The number of aromatic nitrogens is 1. The molecular weight excluding hydrogens is 454 g/mol. The van der Waals surface area contributed by atoms with E-state index in [1.807, 2.05) is 66.7 Å². The number of H-pyrrole nitrogens is 1. The van der Waals surface area contributed by atoms with Gasteiger partial charge in [-0.25, -0.2) is 0 Å². The Morgan fingerprint density at radius 2 is 1.67 bits per heavy atom. The molecular formula is C29H27N3O4. The van der Waals surface area contributed by atoms with E-state index in [-0.39, 0.29) is 18.4 Å². The van der Waals surface area contributed by atoms with Crippen LogP contribution in [0.1, 0.15) is 28.4 Å². The maximum Gasteiger partial charge on any atom is 0.246 e. The van der Waals surface area contributed by atoms with E-state index in [0.717, 1.165) is 39.0 Å². The van der Waals surface area contributed by atoms with Crippen molar-refractivity contribution in [2.45, 2.75) is 25.0 Å². The highest BCUT2D eigenvalue weighted by Crippen LogP contribution is 2.44. The van der Waals surface area contributed by atoms with Crippen LogP contribution in [0.3, 0.4) is 0 Å². The van der Waals surface area contributed by atoms with Crippen molar-refractivity contribution in [1.29, 1.82) is 0 Å².